The second-order valence-electron chi connectivity index (χ2n) is 7.17. The minimum atomic E-state index is -1.21. The number of nitrogens with zero attached hydrogens (tertiary/aromatic N) is 2. The summed E-state index contributed by atoms with van der Waals surface area (Å²) >= 11 is 0. The van der Waals surface area contributed by atoms with E-state index in [0.717, 1.165) is 14.2 Å². The van der Waals surface area contributed by atoms with Gasteiger partial charge >= 0.3 is 11.9 Å². The maximum absolute atomic E-state index is 12.9. The molecule has 1 aliphatic rings. The van der Waals surface area contributed by atoms with E-state index < -0.39 is 45.5 Å². The van der Waals surface area contributed by atoms with Crippen LogP contribution in [0.15, 0.2) is 60.7 Å². The monoisotopic (exact) mass is 440 g/mol. The molecule has 10 heteroatoms. The lowest BCUT2D eigenvalue weighted by Crippen LogP contribution is -2.41. The van der Waals surface area contributed by atoms with E-state index in [9.17, 15) is 29.8 Å². The van der Waals surface area contributed by atoms with Gasteiger partial charge in [-0.05, 0) is 0 Å². The van der Waals surface area contributed by atoms with Crippen molar-refractivity contribution in [3.05, 3.63) is 92.0 Å². The van der Waals surface area contributed by atoms with Gasteiger partial charge in [-0.3, -0.25) is 29.8 Å². The summed E-state index contributed by atoms with van der Waals surface area (Å²) in [5.74, 6) is -5.74. The highest BCUT2D eigenvalue weighted by atomic mass is 16.6. The number of benzene rings is 2. The molecule has 0 heterocycles. The molecule has 166 valence electrons. The number of carbonyl (C=O) groups is 2. The van der Waals surface area contributed by atoms with Crippen molar-refractivity contribution in [2.24, 2.45) is 11.8 Å². The fraction of sp³-hybridized carbons (Fsp3) is 0.273. The highest BCUT2D eigenvalue weighted by Gasteiger charge is 2.49. The lowest BCUT2D eigenvalue weighted by atomic mass is 9.66. The summed E-state index contributed by atoms with van der Waals surface area (Å²) in [6.07, 6.45) is 3.12. The molecule has 0 bridgehead atoms. The molecule has 0 radical (unpaired) electrons. The number of para-hydroxylation sites is 2. The zero-order valence-electron chi connectivity index (χ0n) is 17.2. The molecule has 4 atom stereocenters. The predicted octanol–water partition coefficient (Wildman–Crippen LogP) is 3.52. The van der Waals surface area contributed by atoms with E-state index in [1.165, 1.54) is 36.4 Å². The van der Waals surface area contributed by atoms with Gasteiger partial charge in [0.15, 0.2) is 0 Å². The van der Waals surface area contributed by atoms with Crippen molar-refractivity contribution >= 4 is 23.3 Å². The van der Waals surface area contributed by atoms with Crippen molar-refractivity contribution in [2.45, 2.75) is 11.8 Å². The summed E-state index contributed by atoms with van der Waals surface area (Å²) in [6, 6.07) is 11.8. The van der Waals surface area contributed by atoms with Crippen LogP contribution in [0.5, 0.6) is 0 Å². The first-order valence-corrected chi connectivity index (χ1v) is 9.62. The topological polar surface area (TPSA) is 139 Å². The van der Waals surface area contributed by atoms with Crippen LogP contribution in [-0.4, -0.2) is 36.0 Å². The van der Waals surface area contributed by atoms with E-state index in [1.54, 1.807) is 24.3 Å². The van der Waals surface area contributed by atoms with Crippen LogP contribution in [0.1, 0.15) is 23.0 Å². The lowest BCUT2D eigenvalue weighted by molar-refractivity contribution is -0.386. The van der Waals surface area contributed by atoms with Crippen LogP contribution in [0.25, 0.3) is 0 Å². The van der Waals surface area contributed by atoms with Crippen LogP contribution < -0.4 is 0 Å². The molecule has 2 aromatic carbocycles. The van der Waals surface area contributed by atoms with Gasteiger partial charge in [-0.25, -0.2) is 0 Å². The number of nitro benzene ring substituents is 2. The molecule has 0 spiro atoms. The van der Waals surface area contributed by atoms with E-state index in [4.69, 9.17) is 9.47 Å². The number of nitro groups is 2. The zero-order chi connectivity index (χ0) is 23.4. The van der Waals surface area contributed by atoms with Crippen molar-refractivity contribution < 1.29 is 28.9 Å². The normalized spacial score (nSPS) is 22.1. The summed E-state index contributed by atoms with van der Waals surface area (Å²) in [7, 11) is 2.29. The molecule has 10 nitrogen and oxygen atoms in total. The summed E-state index contributed by atoms with van der Waals surface area (Å²) < 4.78 is 9.89. The Morgan fingerprint density at radius 1 is 0.719 bits per heavy atom. The Labute approximate surface area is 182 Å². The first kappa shape index (κ1) is 22.6. The van der Waals surface area contributed by atoms with Gasteiger partial charge in [0.2, 0.25) is 0 Å². The van der Waals surface area contributed by atoms with E-state index in [1.807, 2.05) is 0 Å². The second kappa shape index (κ2) is 9.38. The van der Waals surface area contributed by atoms with Gasteiger partial charge in [0, 0.05) is 35.1 Å². The first-order chi connectivity index (χ1) is 15.3. The Balaban J connectivity index is 2.25. The smallest absolute Gasteiger partial charge is 0.310 e. The van der Waals surface area contributed by atoms with Crippen molar-refractivity contribution in [3.63, 3.8) is 0 Å². The van der Waals surface area contributed by atoms with Gasteiger partial charge < -0.3 is 9.47 Å². The third kappa shape index (κ3) is 4.07. The van der Waals surface area contributed by atoms with Crippen molar-refractivity contribution in [1.29, 1.82) is 0 Å². The lowest BCUT2D eigenvalue weighted by Gasteiger charge is -2.36. The quantitative estimate of drug-likeness (QED) is 0.288. The average molecular weight is 440 g/mol. The molecule has 0 aromatic heterocycles. The number of methoxy groups -OCH3 is 2. The SMILES string of the molecule is COC(=O)[C@@H]1[C@H](C(=O)OC)[C@H](c2ccccc2[N+](=O)[O-])C=C[C@H]1c1ccccc1[N+](=O)[O-]. The fourth-order valence-electron chi connectivity index (χ4n) is 4.25. The Hall–Kier alpha value is -4.08. The highest BCUT2D eigenvalue weighted by molar-refractivity contribution is 5.85. The first-order valence-electron chi connectivity index (χ1n) is 9.62. The fourth-order valence-corrected chi connectivity index (χ4v) is 4.25. The number of rotatable bonds is 6. The molecule has 0 saturated carbocycles. The van der Waals surface area contributed by atoms with Crippen LogP contribution in [0.4, 0.5) is 11.4 Å². The zero-order valence-corrected chi connectivity index (χ0v) is 17.2. The Morgan fingerprint density at radius 2 is 1.06 bits per heavy atom. The third-order valence-electron chi connectivity index (χ3n) is 5.62. The van der Waals surface area contributed by atoms with Crippen LogP contribution in [-0.2, 0) is 19.1 Å². The van der Waals surface area contributed by atoms with Crippen molar-refractivity contribution in [1.82, 2.24) is 0 Å². The number of allylic oxidation sites excluding steroid dienone is 2. The minimum Gasteiger partial charge on any atom is -0.469 e. The van der Waals surface area contributed by atoms with Gasteiger partial charge in [-0.1, -0.05) is 48.6 Å². The average Bonchev–Trinajstić information content (AvgIpc) is 2.81. The third-order valence-corrected chi connectivity index (χ3v) is 5.62. The molecule has 32 heavy (non-hydrogen) atoms. The Morgan fingerprint density at radius 3 is 1.38 bits per heavy atom. The molecule has 0 amide bonds. The maximum atomic E-state index is 12.9. The summed E-state index contributed by atoms with van der Waals surface area (Å²) in [4.78, 5) is 47.8. The molecule has 0 fully saturated rings. The number of carbonyl (C=O) groups excluding carboxylic acids is 2. The second-order valence-corrected chi connectivity index (χ2v) is 7.17. The summed E-state index contributed by atoms with van der Waals surface area (Å²) in [6.45, 7) is 0. The van der Waals surface area contributed by atoms with Crippen LogP contribution >= 0.6 is 0 Å². The van der Waals surface area contributed by atoms with Gasteiger partial charge in [-0.15, -0.1) is 0 Å². The minimum absolute atomic E-state index is 0.219. The van der Waals surface area contributed by atoms with Crippen molar-refractivity contribution in [2.75, 3.05) is 14.2 Å². The molecule has 0 aliphatic heterocycles. The van der Waals surface area contributed by atoms with Gasteiger partial charge in [0.1, 0.15) is 0 Å². The number of hydrogen-bond acceptors (Lipinski definition) is 8. The van der Waals surface area contributed by atoms with Gasteiger partial charge in [0.25, 0.3) is 11.4 Å². The van der Waals surface area contributed by atoms with Crippen LogP contribution in [0, 0.1) is 32.1 Å². The van der Waals surface area contributed by atoms with Crippen LogP contribution in [0.2, 0.25) is 0 Å². The molecular weight excluding hydrogens is 420 g/mol. The van der Waals surface area contributed by atoms with Crippen LogP contribution in [0.3, 0.4) is 0 Å². The molecule has 0 unspecified atom stereocenters. The highest BCUT2D eigenvalue weighted by Crippen LogP contribution is 2.48. The maximum Gasteiger partial charge on any atom is 0.310 e. The van der Waals surface area contributed by atoms with Gasteiger partial charge in [-0.2, -0.15) is 0 Å². The molecule has 0 saturated heterocycles. The van der Waals surface area contributed by atoms with Crippen molar-refractivity contribution in [3.8, 4) is 0 Å². The summed E-state index contributed by atoms with van der Waals surface area (Å²) in [5, 5.41) is 23.2. The van der Waals surface area contributed by atoms with Gasteiger partial charge in [0.05, 0.1) is 35.9 Å². The molecule has 0 N–H and O–H groups in total. The van der Waals surface area contributed by atoms with E-state index >= 15 is 0 Å². The van der Waals surface area contributed by atoms with E-state index in [0.29, 0.717) is 0 Å². The van der Waals surface area contributed by atoms with E-state index in [-0.39, 0.29) is 22.5 Å². The molecular formula is C22H20N2O8. The molecule has 3 rings (SSSR count). The molecule has 1 aliphatic carbocycles. The predicted molar refractivity (Wildman–Crippen MR) is 112 cm³/mol. The largest absolute Gasteiger partial charge is 0.469 e. The number of ether oxygens (including phenoxy) is 2. The van der Waals surface area contributed by atoms with E-state index in [2.05, 4.69) is 0 Å². The Kier molecular flexibility index (Phi) is 6.62. The Bertz CT molecular complexity index is 1010. The molecule has 2 aromatic rings. The standard InChI is InChI=1S/C22H20N2O8/c1-31-21(25)19-15(13-7-3-5-9-17(13)23(27)28)11-12-16(20(19)22(26)32-2)14-8-4-6-10-18(14)24(29)30/h3-12,15-16,19-20H,1-2H3/t15-,16-,19-,20+/m0/s1. The number of esters is 2. The number of hydrogen-bond donors (Lipinski definition) is 0. The summed E-state index contributed by atoms with van der Waals surface area (Å²) in [5.41, 5.74) is 0.00532.